The second kappa shape index (κ2) is 6.13. The van der Waals surface area contributed by atoms with Crippen LogP contribution in [0.15, 0.2) is 12.3 Å². The van der Waals surface area contributed by atoms with Crippen molar-refractivity contribution in [2.75, 3.05) is 13.7 Å². The Bertz CT molecular complexity index is 567. The highest BCUT2D eigenvalue weighted by Crippen LogP contribution is 2.39. The summed E-state index contributed by atoms with van der Waals surface area (Å²) in [6.07, 6.45) is 1.70. The highest BCUT2D eigenvalue weighted by atomic mass is 35.5. The Labute approximate surface area is 126 Å². The van der Waals surface area contributed by atoms with E-state index in [1.165, 1.54) is 11.3 Å². The van der Waals surface area contributed by atoms with Crippen molar-refractivity contribution < 1.29 is 4.74 Å². The van der Waals surface area contributed by atoms with Crippen LogP contribution < -0.4 is 10.1 Å². The van der Waals surface area contributed by atoms with Crippen molar-refractivity contribution >= 4 is 34.5 Å². The fraction of sp³-hybridized carbons (Fsp3) is 0.417. The number of rotatable bonds is 5. The summed E-state index contributed by atoms with van der Waals surface area (Å²) in [4.78, 5) is 0. The largest absolute Gasteiger partial charge is 0.493 e. The van der Waals surface area contributed by atoms with Crippen molar-refractivity contribution in [3.8, 4) is 5.75 Å². The maximum Gasteiger partial charge on any atom is 0.161 e. The Hall–Kier alpha value is -0.750. The third-order valence-electron chi connectivity index (χ3n) is 2.84. The molecule has 0 spiro atoms. The van der Waals surface area contributed by atoms with E-state index in [0.717, 1.165) is 23.6 Å². The molecule has 0 saturated carbocycles. The Kier molecular flexibility index (Phi) is 4.73. The summed E-state index contributed by atoms with van der Waals surface area (Å²) in [5, 5.41) is 7.63. The van der Waals surface area contributed by atoms with Crippen LogP contribution in [-0.4, -0.2) is 23.4 Å². The number of aromatic nitrogens is 2. The van der Waals surface area contributed by atoms with Crippen molar-refractivity contribution in [2.24, 2.45) is 7.05 Å². The van der Waals surface area contributed by atoms with Gasteiger partial charge >= 0.3 is 0 Å². The maximum atomic E-state index is 6.26. The quantitative estimate of drug-likeness (QED) is 0.916. The molecule has 0 fully saturated rings. The first-order chi connectivity index (χ1) is 9.08. The summed E-state index contributed by atoms with van der Waals surface area (Å²) in [6, 6.07) is 1.79. The van der Waals surface area contributed by atoms with Gasteiger partial charge in [0.2, 0.25) is 0 Å². The van der Waals surface area contributed by atoms with E-state index in [2.05, 4.69) is 10.4 Å². The molecule has 0 aromatic carbocycles. The van der Waals surface area contributed by atoms with E-state index in [9.17, 15) is 0 Å². The van der Waals surface area contributed by atoms with Gasteiger partial charge < -0.3 is 10.1 Å². The van der Waals surface area contributed by atoms with E-state index in [1.54, 1.807) is 18.0 Å². The van der Waals surface area contributed by atoms with Crippen molar-refractivity contribution in [3.63, 3.8) is 0 Å². The van der Waals surface area contributed by atoms with Crippen LogP contribution in [0.4, 0.5) is 0 Å². The summed E-state index contributed by atoms with van der Waals surface area (Å²) in [5.74, 6) is 0.729. The SMILES string of the molecule is CCNC(c1cc(Cl)sc1Cl)c1c(OC)cnn1C. The summed E-state index contributed by atoms with van der Waals surface area (Å²) in [5.41, 5.74) is 1.88. The molecule has 0 aliphatic rings. The molecule has 2 heterocycles. The zero-order valence-corrected chi connectivity index (χ0v) is 13.2. The third-order valence-corrected chi connectivity index (χ3v) is 4.36. The van der Waals surface area contributed by atoms with Gasteiger partial charge in [0.05, 0.1) is 28.0 Å². The van der Waals surface area contributed by atoms with Crippen LogP contribution in [0.3, 0.4) is 0 Å². The van der Waals surface area contributed by atoms with Crippen LogP contribution in [0.2, 0.25) is 8.67 Å². The van der Waals surface area contributed by atoms with Crippen LogP contribution in [0.1, 0.15) is 24.2 Å². The maximum absolute atomic E-state index is 6.26. The molecule has 0 amide bonds. The molecule has 104 valence electrons. The van der Waals surface area contributed by atoms with E-state index in [4.69, 9.17) is 27.9 Å². The van der Waals surface area contributed by atoms with Crippen molar-refractivity contribution in [3.05, 3.63) is 32.2 Å². The first-order valence-corrected chi connectivity index (χ1v) is 7.39. The average molecular weight is 320 g/mol. The van der Waals surface area contributed by atoms with Crippen LogP contribution in [0.5, 0.6) is 5.75 Å². The van der Waals surface area contributed by atoms with Gasteiger partial charge in [-0.15, -0.1) is 11.3 Å². The molecule has 2 aromatic heterocycles. The first kappa shape index (κ1) is 14.7. The lowest BCUT2D eigenvalue weighted by Crippen LogP contribution is -2.24. The number of hydrogen-bond donors (Lipinski definition) is 1. The Morgan fingerprint density at radius 1 is 1.53 bits per heavy atom. The van der Waals surface area contributed by atoms with E-state index >= 15 is 0 Å². The number of methoxy groups -OCH3 is 1. The summed E-state index contributed by atoms with van der Waals surface area (Å²) < 4.78 is 8.50. The monoisotopic (exact) mass is 319 g/mol. The van der Waals surface area contributed by atoms with Gasteiger partial charge in [0.15, 0.2) is 5.75 Å². The number of thiophene rings is 1. The Balaban J connectivity index is 2.51. The van der Waals surface area contributed by atoms with Gasteiger partial charge in [-0.3, -0.25) is 4.68 Å². The van der Waals surface area contributed by atoms with Crippen molar-refractivity contribution in [1.82, 2.24) is 15.1 Å². The molecular weight excluding hydrogens is 305 g/mol. The van der Waals surface area contributed by atoms with Crippen molar-refractivity contribution in [1.29, 1.82) is 0 Å². The molecular formula is C12H15Cl2N3OS. The minimum absolute atomic E-state index is 0.0938. The van der Waals surface area contributed by atoms with E-state index in [1.807, 2.05) is 20.0 Å². The van der Waals surface area contributed by atoms with Gasteiger partial charge in [-0.1, -0.05) is 30.1 Å². The predicted molar refractivity (Wildman–Crippen MR) is 79.6 cm³/mol. The molecule has 0 aliphatic carbocycles. The lowest BCUT2D eigenvalue weighted by atomic mass is 10.1. The number of nitrogens with one attached hydrogen (secondary N) is 1. The van der Waals surface area contributed by atoms with Gasteiger partial charge in [-0.25, -0.2) is 0 Å². The molecule has 0 aliphatic heterocycles. The molecule has 0 bridgehead atoms. The van der Waals surface area contributed by atoms with E-state index in [-0.39, 0.29) is 6.04 Å². The molecule has 2 aromatic rings. The van der Waals surface area contributed by atoms with Gasteiger partial charge in [-0.05, 0) is 12.6 Å². The van der Waals surface area contributed by atoms with Gasteiger partial charge in [0, 0.05) is 12.6 Å². The lowest BCUT2D eigenvalue weighted by molar-refractivity contribution is 0.401. The van der Waals surface area contributed by atoms with Gasteiger partial charge in [0.1, 0.15) is 5.69 Å². The first-order valence-electron chi connectivity index (χ1n) is 5.82. The van der Waals surface area contributed by atoms with Crippen molar-refractivity contribution in [2.45, 2.75) is 13.0 Å². The third kappa shape index (κ3) is 2.89. The van der Waals surface area contributed by atoms with Crippen LogP contribution >= 0.6 is 34.5 Å². The smallest absolute Gasteiger partial charge is 0.161 e. The van der Waals surface area contributed by atoms with Crippen LogP contribution in [-0.2, 0) is 7.05 Å². The zero-order valence-electron chi connectivity index (χ0n) is 10.9. The molecule has 4 nitrogen and oxygen atoms in total. The fourth-order valence-corrected chi connectivity index (χ4v) is 3.55. The van der Waals surface area contributed by atoms with Gasteiger partial charge in [0.25, 0.3) is 0 Å². The number of ether oxygens (including phenoxy) is 1. The standard InChI is InChI=1S/C12H15Cl2N3OS/c1-4-15-10(7-5-9(13)19-12(7)14)11-8(18-3)6-16-17(11)2/h5-6,10,15H,4H2,1-3H3. The Morgan fingerprint density at radius 2 is 2.26 bits per heavy atom. The molecule has 7 heteroatoms. The number of aryl methyl sites for hydroxylation is 1. The zero-order chi connectivity index (χ0) is 14.0. The summed E-state index contributed by atoms with van der Waals surface area (Å²) >= 11 is 13.7. The molecule has 1 N–H and O–H groups in total. The highest BCUT2D eigenvalue weighted by molar-refractivity contribution is 7.20. The molecule has 19 heavy (non-hydrogen) atoms. The topological polar surface area (TPSA) is 39.1 Å². The predicted octanol–water partition coefficient (Wildman–Crippen LogP) is 3.50. The minimum Gasteiger partial charge on any atom is -0.493 e. The fourth-order valence-electron chi connectivity index (χ4n) is 2.02. The highest BCUT2D eigenvalue weighted by Gasteiger charge is 2.25. The summed E-state index contributed by atoms with van der Waals surface area (Å²) in [7, 11) is 3.51. The average Bonchev–Trinajstić information content (AvgIpc) is 2.89. The lowest BCUT2D eigenvalue weighted by Gasteiger charge is -2.19. The molecule has 2 rings (SSSR count). The van der Waals surface area contributed by atoms with E-state index in [0.29, 0.717) is 8.67 Å². The number of nitrogens with zero attached hydrogens (tertiary/aromatic N) is 2. The second-order valence-corrected chi connectivity index (χ2v) is 6.28. The van der Waals surface area contributed by atoms with E-state index < -0.39 is 0 Å². The number of hydrogen-bond acceptors (Lipinski definition) is 4. The van der Waals surface area contributed by atoms with Crippen LogP contribution in [0, 0.1) is 0 Å². The number of halogens is 2. The molecule has 0 saturated heterocycles. The minimum atomic E-state index is -0.0938. The summed E-state index contributed by atoms with van der Waals surface area (Å²) in [6.45, 7) is 2.83. The Morgan fingerprint density at radius 3 is 2.79 bits per heavy atom. The van der Waals surface area contributed by atoms with Gasteiger partial charge in [-0.2, -0.15) is 5.10 Å². The molecule has 0 radical (unpaired) electrons. The normalized spacial score (nSPS) is 12.7. The second-order valence-electron chi connectivity index (χ2n) is 3.99. The van der Waals surface area contributed by atoms with Crippen LogP contribution in [0.25, 0.3) is 0 Å². The molecule has 1 atom stereocenters. The molecule has 1 unspecified atom stereocenters.